The van der Waals surface area contributed by atoms with Crippen molar-refractivity contribution in [1.29, 1.82) is 0 Å². The zero-order valence-corrected chi connectivity index (χ0v) is 10.1. The molecule has 0 saturated carbocycles. The number of nitrogen functional groups attached to an aromatic ring is 1. The van der Waals surface area contributed by atoms with Crippen LogP contribution in [0.1, 0.15) is 12.6 Å². The van der Waals surface area contributed by atoms with Crippen LogP contribution in [0.3, 0.4) is 0 Å². The number of nitrogens with two attached hydrogens (primary N) is 1. The number of benzene rings is 1. The summed E-state index contributed by atoms with van der Waals surface area (Å²) in [5.74, 6) is 0.420. The molecule has 0 aliphatic rings. The zero-order chi connectivity index (χ0) is 14.0. The molecule has 0 aliphatic carbocycles. The fourth-order valence-corrected chi connectivity index (χ4v) is 1.56. The molecular formula is C12H12F3N3O. The standard InChI is InChI=1S/C12H12F3N3O/c1-2-19-10-7-8(3-4-9(10)16)18-6-5-11(17-18)12(13,14)15/h3-7H,2,16H2,1H3. The third-order valence-corrected chi connectivity index (χ3v) is 2.44. The van der Waals surface area contributed by atoms with Crippen molar-refractivity contribution in [3.8, 4) is 11.4 Å². The number of rotatable bonds is 3. The highest BCUT2D eigenvalue weighted by Crippen LogP contribution is 2.29. The molecule has 1 aromatic carbocycles. The highest BCUT2D eigenvalue weighted by atomic mass is 19.4. The molecule has 0 fully saturated rings. The monoisotopic (exact) mass is 271 g/mol. The van der Waals surface area contributed by atoms with Crippen molar-refractivity contribution < 1.29 is 17.9 Å². The van der Waals surface area contributed by atoms with Crippen molar-refractivity contribution in [3.05, 3.63) is 36.2 Å². The minimum Gasteiger partial charge on any atom is -0.492 e. The molecule has 2 aromatic rings. The highest BCUT2D eigenvalue weighted by molar-refractivity contribution is 5.57. The van der Waals surface area contributed by atoms with Gasteiger partial charge in [-0.2, -0.15) is 18.3 Å². The van der Waals surface area contributed by atoms with Gasteiger partial charge in [0, 0.05) is 12.3 Å². The molecular weight excluding hydrogens is 259 g/mol. The fraction of sp³-hybridized carbons (Fsp3) is 0.250. The molecule has 0 atom stereocenters. The summed E-state index contributed by atoms with van der Waals surface area (Å²) in [6.07, 6.45) is -3.22. The van der Waals surface area contributed by atoms with E-state index >= 15 is 0 Å². The molecule has 0 unspecified atom stereocenters. The van der Waals surface area contributed by atoms with Crippen LogP contribution in [-0.2, 0) is 6.18 Å². The lowest BCUT2D eigenvalue weighted by atomic mass is 10.2. The van der Waals surface area contributed by atoms with Crippen LogP contribution in [0, 0.1) is 0 Å². The van der Waals surface area contributed by atoms with Gasteiger partial charge in [0.1, 0.15) is 5.75 Å². The molecule has 0 amide bonds. The first-order valence-electron chi connectivity index (χ1n) is 5.57. The Balaban J connectivity index is 2.36. The first-order valence-corrected chi connectivity index (χ1v) is 5.57. The van der Waals surface area contributed by atoms with Crippen LogP contribution in [0.15, 0.2) is 30.5 Å². The average molecular weight is 271 g/mol. The van der Waals surface area contributed by atoms with E-state index in [1.165, 1.54) is 6.20 Å². The number of anilines is 1. The summed E-state index contributed by atoms with van der Waals surface area (Å²) in [5, 5.41) is 3.48. The summed E-state index contributed by atoms with van der Waals surface area (Å²) >= 11 is 0. The third kappa shape index (κ3) is 2.81. The molecule has 1 aromatic heterocycles. The molecule has 0 aliphatic heterocycles. The second kappa shape index (κ2) is 4.83. The lowest BCUT2D eigenvalue weighted by Gasteiger charge is -2.09. The lowest BCUT2D eigenvalue weighted by molar-refractivity contribution is -0.141. The van der Waals surface area contributed by atoms with Crippen LogP contribution in [-0.4, -0.2) is 16.4 Å². The van der Waals surface area contributed by atoms with E-state index in [9.17, 15) is 13.2 Å². The molecule has 2 N–H and O–H groups in total. The minimum atomic E-state index is -4.46. The molecule has 4 nitrogen and oxygen atoms in total. The highest BCUT2D eigenvalue weighted by Gasteiger charge is 2.33. The number of ether oxygens (including phenoxy) is 1. The summed E-state index contributed by atoms with van der Waals surface area (Å²) in [6, 6.07) is 5.60. The smallest absolute Gasteiger partial charge is 0.435 e. The predicted molar refractivity (Wildman–Crippen MR) is 64.1 cm³/mol. The Kier molecular flexibility index (Phi) is 3.37. The molecule has 0 bridgehead atoms. The van der Waals surface area contributed by atoms with Crippen LogP contribution in [0.2, 0.25) is 0 Å². The van der Waals surface area contributed by atoms with Crippen molar-refractivity contribution >= 4 is 5.69 Å². The van der Waals surface area contributed by atoms with Crippen LogP contribution in [0.25, 0.3) is 5.69 Å². The van der Waals surface area contributed by atoms with Crippen LogP contribution in [0.5, 0.6) is 5.75 Å². The summed E-state index contributed by atoms with van der Waals surface area (Å²) in [7, 11) is 0. The van der Waals surface area contributed by atoms with Crippen molar-refractivity contribution in [3.63, 3.8) is 0 Å². The number of halogens is 3. The van der Waals surface area contributed by atoms with E-state index in [-0.39, 0.29) is 0 Å². The van der Waals surface area contributed by atoms with E-state index in [4.69, 9.17) is 10.5 Å². The number of hydrogen-bond acceptors (Lipinski definition) is 3. The average Bonchev–Trinajstić information content (AvgIpc) is 2.81. The second-order valence-electron chi connectivity index (χ2n) is 3.80. The molecule has 0 saturated heterocycles. The van der Waals surface area contributed by atoms with Gasteiger partial charge in [-0.15, -0.1) is 0 Å². The van der Waals surface area contributed by atoms with Crippen LogP contribution < -0.4 is 10.5 Å². The molecule has 102 valence electrons. The first-order chi connectivity index (χ1) is 8.91. The van der Waals surface area contributed by atoms with E-state index in [0.717, 1.165) is 10.7 Å². The maximum Gasteiger partial charge on any atom is 0.435 e. The predicted octanol–water partition coefficient (Wildman–Crippen LogP) is 2.87. The van der Waals surface area contributed by atoms with Crippen molar-refractivity contribution in [1.82, 2.24) is 9.78 Å². The van der Waals surface area contributed by atoms with Gasteiger partial charge < -0.3 is 10.5 Å². The van der Waals surface area contributed by atoms with Crippen molar-refractivity contribution in [2.24, 2.45) is 0 Å². The van der Waals surface area contributed by atoms with Gasteiger partial charge in [0.05, 0.1) is 18.0 Å². The molecule has 0 radical (unpaired) electrons. The van der Waals surface area contributed by atoms with Gasteiger partial charge in [-0.1, -0.05) is 0 Å². The van der Waals surface area contributed by atoms with Gasteiger partial charge in [-0.05, 0) is 25.1 Å². The Labute approximate surface area is 107 Å². The van der Waals surface area contributed by atoms with Gasteiger partial charge >= 0.3 is 6.18 Å². The molecule has 19 heavy (non-hydrogen) atoms. The number of alkyl halides is 3. The zero-order valence-electron chi connectivity index (χ0n) is 10.1. The maximum absolute atomic E-state index is 12.5. The number of aromatic nitrogens is 2. The van der Waals surface area contributed by atoms with Gasteiger partial charge in [0.2, 0.25) is 0 Å². The second-order valence-corrected chi connectivity index (χ2v) is 3.80. The Morgan fingerprint density at radius 2 is 2.05 bits per heavy atom. The topological polar surface area (TPSA) is 53.1 Å². The number of nitrogens with zero attached hydrogens (tertiary/aromatic N) is 2. The van der Waals surface area contributed by atoms with Crippen LogP contribution >= 0.6 is 0 Å². The fourth-order valence-electron chi connectivity index (χ4n) is 1.56. The van der Waals surface area contributed by atoms with Crippen molar-refractivity contribution in [2.45, 2.75) is 13.1 Å². The van der Waals surface area contributed by atoms with E-state index < -0.39 is 11.9 Å². The first kappa shape index (κ1) is 13.3. The van der Waals surface area contributed by atoms with Gasteiger partial charge in [-0.3, -0.25) is 0 Å². The molecule has 0 spiro atoms. The Bertz CT molecular complexity index is 578. The largest absolute Gasteiger partial charge is 0.492 e. The molecule has 2 rings (SSSR count). The Morgan fingerprint density at radius 3 is 2.63 bits per heavy atom. The maximum atomic E-state index is 12.5. The minimum absolute atomic E-state index is 0.417. The third-order valence-electron chi connectivity index (χ3n) is 2.44. The van der Waals surface area contributed by atoms with Gasteiger partial charge in [-0.25, -0.2) is 4.68 Å². The van der Waals surface area contributed by atoms with Crippen molar-refractivity contribution in [2.75, 3.05) is 12.3 Å². The summed E-state index contributed by atoms with van der Waals surface area (Å²) in [6.45, 7) is 2.21. The molecule has 1 heterocycles. The van der Waals surface area contributed by atoms with Gasteiger partial charge in [0.15, 0.2) is 5.69 Å². The van der Waals surface area contributed by atoms with E-state index in [2.05, 4.69) is 5.10 Å². The number of hydrogen-bond donors (Lipinski definition) is 1. The Hall–Kier alpha value is -2.18. The quantitative estimate of drug-likeness (QED) is 0.873. The summed E-state index contributed by atoms with van der Waals surface area (Å²) in [5.41, 5.74) is 5.63. The SMILES string of the molecule is CCOc1cc(-n2ccc(C(F)(F)F)n2)ccc1N. The van der Waals surface area contributed by atoms with E-state index in [1.54, 1.807) is 25.1 Å². The van der Waals surface area contributed by atoms with E-state index in [0.29, 0.717) is 23.7 Å². The van der Waals surface area contributed by atoms with Crippen LogP contribution in [0.4, 0.5) is 18.9 Å². The molecule has 7 heteroatoms. The van der Waals surface area contributed by atoms with Gasteiger partial charge in [0.25, 0.3) is 0 Å². The van der Waals surface area contributed by atoms with E-state index in [1.807, 2.05) is 0 Å². The summed E-state index contributed by atoms with van der Waals surface area (Å²) in [4.78, 5) is 0. The normalized spacial score (nSPS) is 11.6. The Morgan fingerprint density at radius 1 is 1.32 bits per heavy atom. The summed E-state index contributed by atoms with van der Waals surface area (Å²) < 4.78 is 43.8. The lowest BCUT2D eigenvalue weighted by Crippen LogP contribution is -2.07.